The van der Waals surface area contributed by atoms with Crippen LogP contribution in [0, 0.1) is 23.7 Å². The number of allylic oxidation sites excluding steroid dienone is 2. The molecule has 1 nitrogen and oxygen atoms in total. The smallest absolute Gasteiger partial charge is 0.137 e. The Morgan fingerprint density at radius 1 is 1.25 bits per heavy atom. The monoisotopic (exact) mass is 220 g/mol. The normalized spacial score (nSPS) is 39.5. The number of fused-ring (bicyclic) bond motifs is 1. The van der Waals surface area contributed by atoms with Crippen LogP contribution >= 0.6 is 0 Å². The van der Waals surface area contributed by atoms with Crippen molar-refractivity contribution >= 4 is 5.78 Å². The molecule has 0 spiro atoms. The lowest BCUT2D eigenvalue weighted by molar-refractivity contribution is -0.130. The summed E-state index contributed by atoms with van der Waals surface area (Å²) in [5.41, 5.74) is 3.06. The van der Waals surface area contributed by atoms with Gasteiger partial charge in [0.05, 0.1) is 0 Å². The Labute approximate surface area is 99.3 Å². The van der Waals surface area contributed by atoms with Crippen LogP contribution in [0.4, 0.5) is 0 Å². The van der Waals surface area contributed by atoms with E-state index in [9.17, 15) is 4.79 Å². The van der Waals surface area contributed by atoms with Gasteiger partial charge in [0.2, 0.25) is 0 Å². The summed E-state index contributed by atoms with van der Waals surface area (Å²) in [4.78, 5) is 12.2. The zero-order valence-corrected chi connectivity index (χ0v) is 11.0. The van der Waals surface area contributed by atoms with Gasteiger partial charge in [-0.05, 0) is 50.9 Å². The Balaban J connectivity index is 2.32. The molecule has 0 aromatic heterocycles. The average molecular weight is 220 g/mol. The summed E-state index contributed by atoms with van der Waals surface area (Å²) in [7, 11) is 0. The molecule has 0 bridgehead atoms. The highest BCUT2D eigenvalue weighted by Gasteiger charge is 2.42. The van der Waals surface area contributed by atoms with Crippen molar-refractivity contribution in [2.45, 2.75) is 53.4 Å². The topological polar surface area (TPSA) is 17.1 Å². The average Bonchev–Trinajstić information content (AvgIpc) is 2.15. The lowest BCUT2D eigenvalue weighted by Gasteiger charge is -2.43. The van der Waals surface area contributed by atoms with Gasteiger partial charge in [-0.25, -0.2) is 0 Å². The van der Waals surface area contributed by atoms with Crippen molar-refractivity contribution in [3.8, 4) is 0 Å². The largest absolute Gasteiger partial charge is 0.299 e. The van der Waals surface area contributed by atoms with Crippen molar-refractivity contribution in [3.05, 3.63) is 11.1 Å². The third kappa shape index (κ3) is 1.97. The van der Waals surface area contributed by atoms with Crippen LogP contribution in [-0.4, -0.2) is 5.78 Å². The highest BCUT2D eigenvalue weighted by molar-refractivity contribution is 5.83. The number of carbonyl (C=O) groups excluding carboxylic acids is 1. The van der Waals surface area contributed by atoms with Crippen LogP contribution < -0.4 is 0 Å². The first-order valence-corrected chi connectivity index (χ1v) is 6.69. The fraction of sp³-hybridized carbons (Fsp3) is 0.800. The van der Waals surface area contributed by atoms with E-state index in [1.165, 1.54) is 24.8 Å². The Morgan fingerprint density at radius 3 is 2.56 bits per heavy atom. The molecule has 0 unspecified atom stereocenters. The first-order chi connectivity index (χ1) is 7.50. The second kappa shape index (κ2) is 4.35. The Hall–Kier alpha value is -0.590. The highest BCUT2D eigenvalue weighted by Crippen LogP contribution is 2.47. The molecule has 2 fully saturated rings. The van der Waals surface area contributed by atoms with Gasteiger partial charge in [-0.1, -0.05) is 25.0 Å². The van der Waals surface area contributed by atoms with E-state index in [4.69, 9.17) is 0 Å². The molecule has 0 radical (unpaired) electrons. The molecular weight excluding hydrogens is 196 g/mol. The second-order valence-electron chi connectivity index (χ2n) is 6.18. The third-order valence-corrected chi connectivity index (χ3v) is 4.58. The van der Waals surface area contributed by atoms with Gasteiger partial charge in [-0.15, -0.1) is 0 Å². The minimum absolute atomic E-state index is 0.342. The van der Waals surface area contributed by atoms with E-state index < -0.39 is 0 Å². The quantitative estimate of drug-likeness (QED) is 0.564. The van der Waals surface area contributed by atoms with Crippen LogP contribution in [-0.2, 0) is 4.79 Å². The van der Waals surface area contributed by atoms with Crippen LogP contribution in [0.3, 0.4) is 0 Å². The minimum Gasteiger partial charge on any atom is -0.299 e. The van der Waals surface area contributed by atoms with Gasteiger partial charge in [-0.2, -0.15) is 0 Å². The fourth-order valence-electron chi connectivity index (χ4n) is 3.81. The molecule has 0 N–H and O–H groups in total. The molecule has 2 saturated carbocycles. The SMILES string of the molecule is CC(C)=C1CC[C@@H](C)[C@@H]2C(=O)C[C@H](C)C[C@H]12. The Kier molecular flexibility index (Phi) is 3.23. The van der Waals surface area contributed by atoms with Crippen molar-refractivity contribution in [1.29, 1.82) is 0 Å². The number of carbonyl (C=O) groups is 1. The number of hydrogen-bond donors (Lipinski definition) is 0. The van der Waals surface area contributed by atoms with Gasteiger partial charge in [0.15, 0.2) is 0 Å². The van der Waals surface area contributed by atoms with Gasteiger partial charge in [-0.3, -0.25) is 4.79 Å². The number of Topliss-reactive ketones (excluding diaryl/α,β-unsaturated/α-hetero) is 1. The van der Waals surface area contributed by atoms with Gasteiger partial charge in [0.1, 0.15) is 5.78 Å². The summed E-state index contributed by atoms with van der Waals surface area (Å²) in [6, 6.07) is 0. The molecule has 0 aliphatic heterocycles. The second-order valence-corrected chi connectivity index (χ2v) is 6.18. The summed E-state index contributed by atoms with van der Waals surface area (Å²) in [6.07, 6.45) is 4.50. The van der Waals surface area contributed by atoms with Gasteiger partial charge in [0, 0.05) is 12.3 Å². The molecule has 90 valence electrons. The Bertz CT molecular complexity index is 322. The summed E-state index contributed by atoms with van der Waals surface area (Å²) < 4.78 is 0. The predicted molar refractivity (Wildman–Crippen MR) is 67.2 cm³/mol. The molecule has 16 heavy (non-hydrogen) atoms. The maximum absolute atomic E-state index is 12.2. The molecule has 4 atom stereocenters. The summed E-state index contributed by atoms with van der Waals surface area (Å²) >= 11 is 0. The van der Waals surface area contributed by atoms with Gasteiger partial charge >= 0.3 is 0 Å². The zero-order chi connectivity index (χ0) is 11.9. The molecule has 1 heteroatoms. The summed E-state index contributed by atoms with van der Waals surface area (Å²) in [5, 5.41) is 0. The van der Waals surface area contributed by atoms with E-state index >= 15 is 0 Å². The molecule has 0 aromatic rings. The molecule has 0 heterocycles. The van der Waals surface area contributed by atoms with Crippen molar-refractivity contribution in [2.75, 3.05) is 0 Å². The first kappa shape index (κ1) is 11.9. The maximum atomic E-state index is 12.2. The number of hydrogen-bond acceptors (Lipinski definition) is 1. The first-order valence-electron chi connectivity index (χ1n) is 6.69. The standard InChI is InChI=1S/C15H24O/c1-9(2)12-6-5-11(4)15-13(12)7-10(3)8-14(15)16/h10-11,13,15H,5-8H2,1-4H3/t10-,11-,13-,15+/m1/s1. The highest BCUT2D eigenvalue weighted by atomic mass is 16.1. The van der Waals surface area contributed by atoms with E-state index in [0.717, 1.165) is 6.42 Å². The van der Waals surface area contributed by atoms with Crippen molar-refractivity contribution in [3.63, 3.8) is 0 Å². The predicted octanol–water partition coefficient (Wildman–Crippen LogP) is 3.98. The van der Waals surface area contributed by atoms with E-state index in [2.05, 4.69) is 27.7 Å². The van der Waals surface area contributed by atoms with Gasteiger partial charge in [0.25, 0.3) is 0 Å². The van der Waals surface area contributed by atoms with Crippen molar-refractivity contribution in [2.24, 2.45) is 23.7 Å². The molecule has 0 amide bonds. The summed E-state index contributed by atoms with van der Waals surface area (Å²) in [6.45, 7) is 8.93. The van der Waals surface area contributed by atoms with Crippen LogP contribution in [0.1, 0.15) is 53.4 Å². The molecule has 2 rings (SSSR count). The molecule has 2 aliphatic carbocycles. The van der Waals surface area contributed by atoms with Crippen LogP contribution in [0.15, 0.2) is 11.1 Å². The molecule has 2 aliphatic rings. The minimum atomic E-state index is 0.342. The van der Waals surface area contributed by atoms with Crippen LogP contribution in [0.5, 0.6) is 0 Å². The van der Waals surface area contributed by atoms with Crippen LogP contribution in [0.25, 0.3) is 0 Å². The summed E-state index contributed by atoms with van der Waals surface area (Å²) in [5.74, 6) is 2.65. The van der Waals surface area contributed by atoms with E-state index in [1.54, 1.807) is 5.57 Å². The van der Waals surface area contributed by atoms with E-state index in [0.29, 0.717) is 29.5 Å². The number of ketones is 1. The lowest BCUT2D eigenvalue weighted by atomic mass is 9.60. The third-order valence-electron chi connectivity index (χ3n) is 4.58. The van der Waals surface area contributed by atoms with Crippen molar-refractivity contribution in [1.82, 2.24) is 0 Å². The van der Waals surface area contributed by atoms with Crippen molar-refractivity contribution < 1.29 is 4.79 Å². The zero-order valence-electron chi connectivity index (χ0n) is 11.0. The van der Waals surface area contributed by atoms with Gasteiger partial charge < -0.3 is 0 Å². The maximum Gasteiger partial charge on any atom is 0.137 e. The molecule has 0 aromatic carbocycles. The molecule has 0 saturated heterocycles. The van der Waals surface area contributed by atoms with Crippen LogP contribution in [0.2, 0.25) is 0 Å². The fourth-order valence-corrected chi connectivity index (χ4v) is 3.81. The molecular formula is C15H24O. The van der Waals surface area contributed by atoms with E-state index in [-0.39, 0.29) is 0 Å². The lowest BCUT2D eigenvalue weighted by Crippen LogP contribution is -2.40. The Morgan fingerprint density at radius 2 is 1.94 bits per heavy atom. The number of rotatable bonds is 0. The van der Waals surface area contributed by atoms with E-state index in [1.807, 2.05) is 0 Å².